The first-order valence-corrected chi connectivity index (χ1v) is 8.08. The Bertz CT molecular complexity index is 1100. The maximum absolute atomic E-state index is 13.9. The van der Waals surface area contributed by atoms with Crippen LogP contribution in [0.25, 0.3) is 0 Å². The van der Waals surface area contributed by atoms with Crippen LogP contribution in [0.15, 0.2) is 59.7 Å². The standard InChI is InChI=1S/C20H15FN4O2/c1-25-12-15(4-7-19(25)26)20(27)24-18-6-3-14(11-23-18)9-16-8-13(10-22)2-5-17(16)21/h2-8,11-12H,9H2,1H3,(H,23,24,27). The number of carbonyl (C=O) groups is 1. The maximum atomic E-state index is 13.9. The summed E-state index contributed by atoms with van der Waals surface area (Å²) >= 11 is 0. The Kier molecular flexibility index (Phi) is 5.08. The topological polar surface area (TPSA) is 87.8 Å². The van der Waals surface area contributed by atoms with Crippen LogP contribution in [-0.4, -0.2) is 15.5 Å². The van der Waals surface area contributed by atoms with Crippen molar-refractivity contribution < 1.29 is 9.18 Å². The minimum atomic E-state index is -0.390. The molecule has 0 saturated carbocycles. The molecule has 3 aromatic rings. The molecule has 134 valence electrons. The van der Waals surface area contributed by atoms with E-state index < -0.39 is 5.91 Å². The molecule has 0 radical (unpaired) electrons. The van der Waals surface area contributed by atoms with E-state index in [0.717, 1.165) is 5.56 Å². The van der Waals surface area contributed by atoms with Crippen LogP contribution in [0.1, 0.15) is 27.0 Å². The van der Waals surface area contributed by atoms with Crippen LogP contribution in [-0.2, 0) is 13.5 Å². The fraction of sp³-hybridized carbons (Fsp3) is 0.100. The summed E-state index contributed by atoms with van der Waals surface area (Å²) in [7, 11) is 1.56. The number of benzene rings is 1. The van der Waals surface area contributed by atoms with Gasteiger partial charge in [-0.05, 0) is 41.5 Å². The molecule has 3 rings (SSSR count). The van der Waals surface area contributed by atoms with Gasteiger partial charge in [0.25, 0.3) is 5.91 Å². The summed E-state index contributed by atoms with van der Waals surface area (Å²) in [4.78, 5) is 27.8. The van der Waals surface area contributed by atoms with Crippen LogP contribution in [0.4, 0.5) is 10.2 Å². The van der Waals surface area contributed by atoms with Crippen molar-refractivity contribution in [2.45, 2.75) is 6.42 Å². The first-order chi connectivity index (χ1) is 13.0. The molecule has 7 heteroatoms. The molecular formula is C20H15FN4O2. The zero-order chi connectivity index (χ0) is 19.4. The molecule has 0 aliphatic heterocycles. The number of halogens is 1. The van der Waals surface area contributed by atoms with E-state index in [4.69, 9.17) is 5.26 Å². The van der Waals surface area contributed by atoms with Crippen LogP contribution in [0.5, 0.6) is 0 Å². The second-order valence-electron chi connectivity index (χ2n) is 5.97. The molecule has 0 spiro atoms. The number of rotatable bonds is 4. The van der Waals surface area contributed by atoms with Gasteiger partial charge in [-0.2, -0.15) is 5.26 Å². The van der Waals surface area contributed by atoms with E-state index in [0.29, 0.717) is 22.5 Å². The molecule has 6 nitrogen and oxygen atoms in total. The summed E-state index contributed by atoms with van der Waals surface area (Å²) in [6, 6.07) is 12.3. The third-order valence-corrected chi connectivity index (χ3v) is 3.98. The zero-order valence-corrected chi connectivity index (χ0v) is 14.4. The molecule has 0 unspecified atom stereocenters. The van der Waals surface area contributed by atoms with Crippen molar-refractivity contribution in [3.63, 3.8) is 0 Å². The van der Waals surface area contributed by atoms with E-state index in [1.807, 2.05) is 6.07 Å². The van der Waals surface area contributed by atoms with Gasteiger partial charge in [0.1, 0.15) is 11.6 Å². The number of hydrogen-bond donors (Lipinski definition) is 1. The Morgan fingerprint density at radius 3 is 2.74 bits per heavy atom. The second-order valence-corrected chi connectivity index (χ2v) is 5.97. The zero-order valence-electron chi connectivity index (χ0n) is 14.4. The number of nitriles is 1. The van der Waals surface area contributed by atoms with Gasteiger partial charge in [0.2, 0.25) is 5.56 Å². The quantitative estimate of drug-likeness (QED) is 0.773. The third-order valence-electron chi connectivity index (χ3n) is 3.98. The highest BCUT2D eigenvalue weighted by atomic mass is 19.1. The Morgan fingerprint density at radius 2 is 2.07 bits per heavy atom. The smallest absolute Gasteiger partial charge is 0.258 e. The number of nitrogens with zero attached hydrogens (tertiary/aromatic N) is 3. The average molecular weight is 362 g/mol. The molecular weight excluding hydrogens is 347 g/mol. The summed E-state index contributed by atoms with van der Waals surface area (Å²) in [5.74, 6) is -0.441. The number of aryl methyl sites for hydroxylation is 1. The summed E-state index contributed by atoms with van der Waals surface area (Å²) < 4.78 is 15.2. The highest BCUT2D eigenvalue weighted by Crippen LogP contribution is 2.16. The van der Waals surface area contributed by atoms with Gasteiger partial charge in [-0.25, -0.2) is 9.37 Å². The van der Waals surface area contributed by atoms with Crippen LogP contribution in [0, 0.1) is 17.1 Å². The van der Waals surface area contributed by atoms with Gasteiger partial charge >= 0.3 is 0 Å². The van der Waals surface area contributed by atoms with Crippen molar-refractivity contribution in [2.24, 2.45) is 7.05 Å². The lowest BCUT2D eigenvalue weighted by Crippen LogP contribution is -2.19. The molecule has 2 heterocycles. The summed E-state index contributed by atoms with van der Waals surface area (Å²) in [5.41, 5.74) is 1.66. The van der Waals surface area contributed by atoms with E-state index in [1.54, 1.807) is 19.2 Å². The summed E-state index contributed by atoms with van der Waals surface area (Å²) in [5, 5.41) is 11.6. The summed E-state index contributed by atoms with van der Waals surface area (Å²) in [6.07, 6.45) is 3.26. The maximum Gasteiger partial charge on any atom is 0.258 e. The van der Waals surface area contributed by atoms with Crippen LogP contribution in [0.2, 0.25) is 0 Å². The molecule has 1 amide bonds. The van der Waals surface area contributed by atoms with Gasteiger partial charge in [-0.1, -0.05) is 6.07 Å². The van der Waals surface area contributed by atoms with Crippen molar-refractivity contribution in [2.75, 3.05) is 5.32 Å². The van der Waals surface area contributed by atoms with Gasteiger partial charge in [0.05, 0.1) is 17.2 Å². The van der Waals surface area contributed by atoms with E-state index in [2.05, 4.69) is 10.3 Å². The SMILES string of the molecule is Cn1cc(C(=O)Nc2ccc(Cc3cc(C#N)ccc3F)cn2)ccc1=O. The van der Waals surface area contributed by atoms with Gasteiger partial charge < -0.3 is 9.88 Å². The molecule has 0 saturated heterocycles. The predicted molar refractivity (Wildman–Crippen MR) is 97.8 cm³/mol. The number of anilines is 1. The van der Waals surface area contributed by atoms with Gasteiger partial charge in [-0.3, -0.25) is 9.59 Å². The normalized spacial score (nSPS) is 10.3. The number of amides is 1. The Hall–Kier alpha value is -3.79. The van der Waals surface area contributed by atoms with Crippen molar-refractivity contribution in [3.8, 4) is 6.07 Å². The highest BCUT2D eigenvalue weighted by molar-refractivity contribution is 6.03. The number of pyridine rings is 2. The van der Waals surface area contributed by atoms with Gasteiger partial charge in [0, 0.05) is 31.9 Å². The molecule has 0 bridgehead atoms. The minimum absolute atomic E-state index is 0.207. The third kappa shape index (κ3) is 4.25. The first-order valence-electron chi connectivity index (χ1n) is 8.08. The van der Waals surface area contributed by atoms with Crippen LogP contribution in [0.3, 0.4) is 0 Å². The number of carbonyl (C=O) groups excluding carboxylic acids is 1. The molecule has 1 N–H and O–H groups in total. The van der Waals surface area contributed by atoms with Crippen LogP contribution < -0.4 is 10.9 Å². The lowest BCUT2D eigenvalue weighted by Gasteiger charge is -2.07. The number of aromatic nitrogens is 2. The van der Waals surface area contributed by atoms with E-state index >= 15 is 0 Å². The first kappa shape index (κ1) is 18.0. The molecule has 1 aromatic carbocycles. The number of hydrogen-bond acceptors (Lipinski definition) is 4. The fourth-order valence-electron chi connectivity index (χ4n) is 2.52. The molecule has 2 aromatic heterocycles. The van der Waals surface area contributed by atoms with Crippen molar-refractivity contribution in [1.82, 2.24) is 9.55 Å². The van der Waals surface area contributed by atoms with Crippen molar-refractivity contribution in [3.05, 3.63) is 93.3 Å². The largest absolute Gasteiger partial charge is 0.318 e. The highest BCUT2D eigenvalue weighted by Gasteiger charge is 2.09. The Morgan fingerprint density at radius 1 is 1.26 bits per heavy atom. The minimum Gasteiger partial charge on any atom is -0.318 e. The summed E-state index contributed by atoms with van der Waals surface area (Å²) in [6.45, 7) is 0. The predicted octanol–water partition coefficient (Wildman–Crippen LogP) is 2.63. The van der Waals surface area contributed by atoms with Crippen molar-refractivity contribution >= 4 is 11.7 Å². The van der Waals surface area contributed by atoms with Gasteiger partial charge in [-0.15, -0.1) is 0 Å². The lowest BCUT2D eigenvalue weighted by molar-refractivity contribution is 0.102. The number of nitrogens with one attached hydrogen (secondary N) is 1. The van der Waals surface area contributed by atoms with E-state index in [-0.39, 0.29) is 17.8 Å². The average Bonchev–Trinajstić information content (AvgIpc) is 2.67. The van der Waals surface area contributed by atoms with E-state index in [9.17, 15) is 14.0 Å². The monoisotopic (exact) mass is 362 g/mol. The fourth-order valence-corrected chi connectivity index (χ4v) is 2.52. The van der Waals surface area contributed by atoms with Crippen molar-refractivity contribution in [1.29, 1.82) is 5.26 Å². The molecule has 0 fully saturated rings. The van der Waals surface area contributed by atoms with E-state index in [1.165, 1.54) is 47.3 Å². The molecule has 0 atom stereocenters. The lowest BCUT2D eigenvalue weighted by atomic mass is 10.0. The second kappa shape index (κ2) is 7.62. The van der Waals surface area contributed by atoms with Crippen LogP contribution >= 0.6 is 0 Å². The Balaban J connectivity index is 1.72. The molecule has 0 aliphatic carbocycles. The Labute approximate surface area is 154 Å². The molecule has 0 aliphatic rings. The molecule has 27 heavy (non-hydrogen) atoms. The van der Waals surface area contributed by atoms with Gasteiger partial charge in [0.15, 0.2) is 0 Å².